The van der Waals surface area contributed by atoms with Crippen molar-refractivity contribution in [2.24, 2.45) is 11.8 Å². The molecule has 24 heavy (non-hydrogen) atoms. The van der Waals surface area contributed by atoms with Crippen LogP contribution in [0.25, 0.3) is 10.8 Å². The molecule has 2 unspecified atom stereocenters. The molecule has 2 aromatic rings. The summed E-state index contributed by atoms with van der Waals surface area (Å²) < 4.78 is 5.95. The molecule has 126 valence electrons. The van der Waals surface area contributed by atoms with Crippen molar-refractivity contribution in [1.29, 1.82) is 0 Å². The van der Waals surface area contributed by atoms with Gasteiger partial charge in [-0.15, -0.1) is 0 Å². The Balaban J connectivity index is 1.92. The Morgan fingerprint density at radius 2 is 2.04 bits per heavy atom. The van der Waals surface area contributed by atoms with Gasteiger partial charge in [-0.2, -0.15) is 0 Å². The van der Waals surface area contributed by atoms with E-state index >= 15 is 0 Å². The molecule has 1 fully saturated rings. The molecule has 0 N–H and O–H groups in total. The molecule has 4 nitrogen and oxygen atoms in total. The predicted molar refractivity (Wildman–Crippen MR) is 95.2 cm³/mol. The zero-order valence-electron chi connectivity index (χ0n) is 14.4. The number of ether oxygens (including phenoxy) is 1. The van der Waals surface area contributed by atoms with E-state index in [1.54, 1.807) is 6.92 Å². The maximum Gasteiger partial charge on any atom is 0.237 e. The highest BCUT2D eigenvalue weighted by Crippen LogP contribution is 2.32. The second kappa shape index (κ2) is 6.63. The van der Waals surface area contributed by atoms with E-state index in [9.17, 15) is 9.59 Å². The van der Waals surface area contributed by atoms with Crippen LogP contribution in [0, 0.1) is 11.8 Å². The molecule has 0 aliphatic carbocycles. The number of amides is 2. The van der Waals surface area contributed by atoms with Crippen LogP contribution in [-0.2, 0) is 9.59 Å². The molecule has 3 rings (SSSR count). The smallest absolute Gasteiger partial charge is 0.237 e. The van der Waals surface area contributed by atoms with Crippen molar-refractivity contribution in [3.63, 3.8) is 0 Å². The molecule has 0 bridgehead atoms. The molecule has 2 aromatic carbocycles. The summed E-state index contributed by atoms with van der Waals surface area (Å²) in [6.45, 7) is 6.78. The van der Waals surface area contributed by atoms with E-state index in [0.717, 1.165) is 22.9 Å². The number of hydrogen-bond acceptors (Lipinski definition) is 3. The Bertz CT molecular complexity index is 784. The number of fused-ring (bicyclic) bond motifs is 1. The average Bonchev–Trinajstić information content (AvgIpc) is 2.84. The molecule has 1 aliphatic heterocycles. The molecule has 0 aromatic heterocycles. The van der Waals surface area contributed by atoms with Crippen molar-refractivity contribution < 1.29 is 14.3 Å². The average molecular weight is 325 g/mol. The van der Waals surface area contributed by atoms with Crippen molar-refractivity contribution >= 4 is 28.3 Å². The van der Waals surface area contributed by atoms with Gasteiger partial charge in [0.25, 0.3) is 0 Å². The molecule has 1 aliphatic rings. The van der Waals surface area contributed by atoms with Crippen molar-refractivity contribution in [3.8, 4) is 5.75 Å². The third kappa shape index (κ3) is 3.01. The van der Waals surface area contributed by atoms with E-state index in [-0.39, 0.29) is 24.2 Å². The summed E-state index contributed by atoms with van der Waals surface area (Å²) in [4.78, 5) is 25.6. The minimum Gasteiger partial charge on any atom is -0.493 e. The molecule has 1 saturated heterocycles. The van der Waals surface area contributed by atoms with Crippen molar-refractivity contribution in [1.82, 2.24) is 0 Å². The second-order valence-electron chi connectivity index (χ2n) is 6.66. The van der Waals surface area contributed by atoms with Crippen LogP contribution in [0.5, 0.6) is 5.75 Å². The first-order valence-corrected chi connectivity index (χ1v) is 8.53. The lowest BCUT2D eigenvalue weighted by molar-refractivity contribution is -0.122. The largest absolute Gasteiger partial charge is 0.493 e. The van der Waals surface area contributed by atoms with E-state index in [2.05, 4.69) is 13.8 Å². The van der Waals surface area contributed by atoms with Crippen LogP contribution in [0.3, 0.4) is 0 Å². The lowest BCUT2D eigenvalue weighted by Crippen LogP contribution is -2.29. The lowest BCUT2D eigenvalue weighted by atomic mass is 10.1. The molecule has 1 heterocycles. The minimum atomic E-state index is -0.238. The third-order valence-corrected chi connectivity index (χ3v) is 4.67. The third-order valence-electron chi connectivity index (χ3n) is 4.67. The summed E-state index contributed by atoms with van der Waals surface area (Å²) in [5, 5.41) is 1.96. The van der Waals surface area contributed by atoms with Crippen LogP contribution >= 0.6 is 0 Å². The molecule has 0 radical (unpaired) electrons. The van der Waals surface area contributed by atoms with Gasteiger partial charge in [-0.3, -0.25) is 14.5 Å². The standard InChI is InChI=1S/C20H23NO3/c1-4-13(2)12-24-18-7-5-6-15-11-16(8-9-17(15)18)21-19(22)10-14(3)20(21)23/h5-9,11,13-14H,4,10,12H2,1-3H3. The van der Waals surface area contributed by atoms with Gasteiger partial charge in [0.2, 0.25) is 11.8 Å². The number of hydrogen-bond donors (Lipinski definition) is 0. The second-order valence-corrected chi connectivity index (χ2v) is 6.66. The molecule has 2 amide bonds. The summed E-state index contributed by atoms with van der Waals surface area (Å²) in [7, 11) is 0. The fourth-order valence-electron chi connectivity index (χ4n) is 2.91. The van der Waals surface area contributed by atoms with Crippen LogP contribution in [-0.4, -0.2) is 18.4 Å². The van der Waals surface area contributed by atoms with Gasteiger partial charge in [-0.1, -0.05) is 39.3 Å². The quantitative estimate of drug-likeness (QED) is 0.775. The molecule has 2 atom stereocenters. The van der Waals surface area contributed by atoms with E-state index in [0.29, 0.717) is 18.2 Å². The Morgan fingerprint density at radius 1 is 1.25 bits per heavy atom. The van der Waals surface area contributed by atoms with Crippen LogP contribution < -0.4 is 9.64 Å². The fraction of sp³-hybridized carbons (Fsp3) is 0.400. The Hall–Kier alpha value is -2.36. The normalized spacial score (nSPS) is 19.1. The fourth-order valence-corrected chi connectivity index (χ4v) is 2.91. The highest BCUT2D eigenvalue weighted by atomic mass is 16.5. The van der Waals surface area contributed by atoms with Gasteiger partial charge in [0, 0.05) is 17.7 Å². The van der Waals surface area contributed by atoms with Crippen molar-refractivity contribution in [2.45, 2.75) is 33.6 Å². The van der Waals surface area contributed by atoms with Gasteiger partial charge in [-0.05, 0) is 35.6 Å². The zero-order chi connectivity index (χ0) is 17.3. The van der Waals surface area contributed by atoms with E-state index in [1.165, 1.54) is 4.90 Å². The maximum absolute atomic E-state index is 12.2. The molecule has 4 heteroatoms. The SMILES string of the molecule is CCC(C)COc1cccc2cc(N3C(=O)CC(C)C3=O)ccc12. The van der Waals surface area contributed by atoms with Crippen molar-refractivity contribution in [2.75, 3.05) is 11.5 Å². The minimum absolute atomic E-state index is 0.122. The number of benzene rings is 2. The monoisotopic (exact) mass is 325 g/mol. The van der Waals surface area contributed by atoms with Crippen LogP contribution in [0.1, 0.15) is 33.6 Å². The van der Waals surface area contributed by atoms with E-state index < -0.39 is 0 Å². The number of carbonyl (C=O) groups excluding carboxylic acids is 2. The molecular weight excluding hydrogens is 302 g/mol. The first kappa shape index (κ1) is 16.5. The van der Waals surface area contributed by atoms with Gasteiger partial charge in [-0.25, -0.2) is 0 Å². The van der Waals surface area contributed by atoms with Crippen molar-refractivity contribution in [3.05, 3.63) is 36.4 Å². The van der Waals surface area contributed by atoms with E-state index in [4.69, 9.17) is 4.74 Å². The van der Waals surface area contributed by atoms with Crippen LogP contribution in [0.15, 0.2) is 36.4 Å². The molecule has 0 saturated carbocycles. The van der Waals surface area contributed by atoms with Gasteiger partial charge in [0.1, 0.15) is 5.75 Å². The van der Waals surface area contributed by atoms with Crippen LogP contribution in [0.2, 0.25) is 0 Å². The number of carbonyl (C=O) groups is 2. The van der Waals surface area contributed by atoms with Gasteiger partial charge < -0.3 is 4.74 Å². The van der Waals surface area contributed by atoms with Crippen LogP contribution in [0.4, 0.5) is 5.69 Å². The summed E-state index contributed by atoms with van der Waals surface area (Å²) in [5.74, 6) is 0.852. The summed E-state index contributed by atoms with van der Waals surface area (Å²) in [5.41, 5.74) is 0.640. The summed E-state index contributed by atoms with van der Waals surface area (Å²) in [6.07, 6.45) is 1.36. The van der Waals surface area contributed by atoms with Gasteiger partial charge in [0.05, 0.1) is 12.3 Å². The van der Waals surface area contributed by atoms with E-state index in [1.807, 2.05) is 36.4 Å². The summed E-state index contributed by atoms with van der Waals surface area (Å²) >= 11 is 0. The summed E-state index contributed by atoms with van der Waals surface area (Å²) in [6, 6.07) is 11.5. The number of nitrogens with zero attached hydrogens (tertiary/aromatic N) is 1. The van der Waals surface area contributed by atoms with Gasteiger partial charge in [0.15, 0.2) is 0 Å². The number of anilines is 1. The maximum atomic E-state index is 12.2. The topological polar surface area (TPSA) is 46.6 Å². The molecular formula is C20H23NO3. The Kier molecular flexibility index (Phi) is 4.56. The highest BCUT2D eigenvalue weighted by Gasteiger charge is 2.36. The first-order valence-electron chi connectivity index (χ1n) is 8.53. The number of imide groups is 1. The highest BCUT2D eigenvalue weighted by molar-refractivity contribution is 6.21. The Labute approximate surface area is 142 Å². The number of rotatable bonds is 5. The molecule has 0 spiro atoms. The Morgan fingerprint density at radius 3 is 2.71 bits per heavy atom. The lowest BCUT2D eigenvalue weighted by Gasteiger charge is -2.17. The first-order chi connectivity index (χ1) is 11.5. The zero-order valence-corrected chi connectivity index (χ0v) is 14.4. The van der Waals surface area contributed by atoms with Gasteiger partial charge >= 0.3 is 0 Å². The predicted octanol–water partition coefficient (Wildman–Crippen LogP) is 4.16.